The molecule has 114 valence electrons. The van der Waals surface area contributed by atoms with Crippen molar-refractivity contribution in [1.82, 2.24) is 14.2 Å². The Hall–Kier alpha value is -2.15. The summed E-state index contributed by atoms with van der Waals surface area (Å²) in [5, 5.41) is 13.0. The lowest BCUT2D eigenvalue weighted by atomic mass is 10.1. The van der Waals surface area contributed by atoms with E-state index in [-0.39, 0.29) is 5.92 Å². The average Bonchev–Trinajstić information content (AvgIpc) is 2.86. The van der Waals surface area contributed by atoms with E-state index in [9.17, 15) is 9.59 Å². The van der Waals surface area contributed by atoms with Crippen molar-refractivity contribution in [2.75, 3.05) is 13.7 Å². The SMILES string of the molecule is COCCc1nn(CC(=O)O)c(=O)c2cc(C(C)C)cn12. The van der Waals surface area contributed by atoms with E-state index in [0.717, 1.165) is 10.2 Å². The van der Waals surface area contributed by atoms with Crippen LogP contribution < -0.4 is 5.56 Å². The first-order valence-electron chi connectivity index (χ1n) is 6.76. The molecule has 1 N–H and O–H groups in total. The highest BCUT2D eigenvalue weighted by molar-refractivity contribution is 5.66. The molecule has 0 atom stereocenters. The minimum atomic E-state index is -1.10. The maximum absolute atomic E-state index is 12.3. The zero-order chi connectivity index (χ0) is 15.6. The van der Waals surface area contributed by atoms with Crippen LogP contribution in [0, 0.1) is 0 Å². The average molecular weight is 293 g/mol. The second-order valence-corrected chi connectivity index (χ2v) is 5.20. The van der Waals surface area contributed by atoms with Gasteiger partial charge in [-0.3, -0.25) is 14.0 Å². The number of hydrogen-bond donors (Lipinski definition) is 1. The summed E-state index contributed by atoms with van der Waals surface area (Å²) in [4.78, 5) is 23.2. The summed E-state index contributed by atoms with van der Waals surface area (Å²) in [6.07, 6.45) is 2.38. The minimum Gasteiger partial charge on any atom is -0.480 e. The van der Waals surface area contributed by atoms with E-state index >= 15 is 0 Å². The second kappa shape index (κ2) is 6.09. The largest absolute Gasteiger partial charge is 0.480 e. The highest BCUT2D eigenvalue weighted by Crippen LogP contribution is 2.17. The van der Waals surface area contributed by atoms with Crippen LogP contribution in [0.4, 0.5) is 0 Å². The fraction of sp³-hybridized carbons (Fsp3) is 0.500. The fourth-order valence-electron chi connectivity index (χ4n) is 2.14. The van der Waals surface area contributed by atoms with E-state index in [2.05, 4.69) is 5.10 Å². The molecule has 0 aliphatic carbocycles. The Morgan fingerprint density at radius 1 is 1.48 bits per heavy atom. The van der Waals surface area contributed by atoms with Gasteiger partial charge >= 0.3 is 5.97 Å². The van der Waals surface area contributed by atoms with E-state index in [0.29, 0.717) is 24.4 Å². The fourth-order valence-corrected chi connectivity index (χ4v) is 2.14. The summed E-state index contributed by atoms with van der Waals surface area (Å²) >= 11 is 0. The molecule has 0 aliphatic heterocycles. The summed E-state index contributed by atoms with van der Waals surface area (Å²) in [5.74, 6) is -0.214. The number of methoxy groups -OCH3 is 1. The number of aromatic nitrogens is 3. The van der Waals surface area contributed by atoms with E-state index in [1.807, 2.05) is 20.0 Å². The van der Waals surface area contributed by atoms with E-state index in [4.69, 9.17) is 9.84 Å². The van der Waals surface area contributed by atoms with Gasteiger partial charge in [0.25, 0.3) is 5.56 Å². The molecule has 0 saturated heterocycles. The Morgan fingerprint density at radius 3 is 2.76 bits per heavy atom. The topological polar surface area (TPSA) is 85.8 Å². The second-order valence-electron chi connectivity index (χ2n) is 5.20. The molecular formula is C14H19N3O4. The third-order valence-corrected chi connectivity index (χ3v) is 3.29. The van der Waals surface area contributed by atoms with Crippen LogP contribution in [0.2, 0.25) is 0 Å². The molecular weight excluding hydrogens is 274 g/mol. The number of aliphatic carboxylic acids is 1. The molecule has 7 heteroatoms. The van der Waals surface area contributed by atoms with Crippen molar-refractivity contribution in [3.05, 3.63) is 34.0 Å². The Bertz CT molecular complexity index is 715. The molecule has 7 nitrogen and oxygen atoms in total. The zero-order valence-corrected chi connectivity index (χ0v) is 12.4. The summed E-state index contributed by atoms with van der Waals surface area (Å²) in [6, 6.07) is 1.79. The summed E-state index contributed by atoms with van der Waals surface area (Å²) < 4.78 is 7.77. The van der Waals surface area contributed by atoms with Gasteiger partial charge in [-0.15, -0.1) is 0 Å². The summed E-state index contributed by atoms with van der Waals surface area (Å²) in [5.41, 5.74) is 1.06. The molecule has 0 aliphatic rings. The number of rotatable bonds is 6. The number of fused-ring (bicyclic) bond motifs is 1. The molecule has 0 unspecified atom stereocenters. The van der Waals surface area contributed by atoms with Crippen molar-refractivity contribution >= 4 is 11.5 Å². The first kappa shape index (κ1) is 15.2. The van der Waals surface area contributed by atoms with Gasteiger partial charge in [-0.25, -0.2) is 4.68 Å². The van der Waals surface area contributed by atoms with Gasteiger partial charge in [0.2, 0.25) is 0 Å². The van der Waals surface area contributed by atoms with Crippen LogP contribution in [0.1, 0.15) is 31.2 Å². The Balaban J connectivity index is 2.63. The van der Waals surface area contributed by atoms with Crippen LogP contribution in [0.15, 0.2) is 17.1 Å². The van der Waals surface area contributed by atoms with Crippen molar-refractivity contribution in [3.8, 4) is 0 Å². The van der Waals surface area contributed by atoms with Gasteiger partial charge in [0.1, 0.15) is 17.9 Å². The number of carbonyl (C=O) groups is 1. The van der Waals surface area contributed by atoms with E-state index in [1.54, 1.807) is 17.6 Å². The van der Waals surface area contributed by atoms with Gasteiger partial charge in [-0.1, -0.05) is 13.8 Å². The number of carboxylic acid groups (broad SMARTS) is 1. The zero-order valence-electron chi connectivity index (χ0n) is 12.4. The van der Waals surface area contributed by atoms with Gasteiger partial charge in [-0.05, 0) is 17.5 Å². The van der Waals surface area contributed by atoms with Crippen LogP contribution >= 0.6 is 0 Å². The quantitative estimate of drug-likeness (QED) is 0.855. The lowest BCUT2D eigenvalue weighted by Crippen LogP contribution is -2.30. The van der Waals surface area contributed by atoms with Gasteiger partial charge in [0, 0.05) is 19.7 Å². The van der Waals surface area contributed by atoms with Crippen molar-refractivity contribution < 1.29 is 14.6 Å². The summed E-state index contributed by atoms with van der Waals surface area (Å²) in [6.45, 7) is 4.07. The molecule has 21 heavy (non-hydrogen) atoms. The van der Waals surface area contributed by atoms with Crippen LogP contribution in [0.5, 0.6) is 0 Å². The third-order valence-electron chi connectivity index (χ3n) is 3.29. The molecule has 2 aromatic heterocycles. The minimum absolute atomic E-state index is 0.271. The first-order valence-corrected chi connectivity index (χ1v) is 6.76. The number of ether oxygens (including phenoxy) is 1. The molecule has 2 rings (SSSR count). The van der Waals surface area contributed by atoms with Crippen LogP contribution in [0.3, 0.4) is 0 Å². The molecule has 0 fully saturated rings. The maximum Gasteiger partial charge on any atom is 0.325 e. The van der Waals surface area contributed by atoms with E-state index in [1.165, 1.54) is 0 Å². The smallest absolute Gasteiger partial charge is 0.325 e. The molecule has 0 radical (unpaired) electrons. The molecule has 0 saturated carbocycles. The highest BCUT2D eigenvalue weighted by atomic mass is 16.5. The molecule has 0 amide bonds. The first-order chi connectivity index (χ1) is 9.93. The maximum atomic E-state index is 12.3. The van der Waals surface area contributed by atoms with Crippen LogP contribution in [0.25, 0.3) is 5.52 Å². The predicted molar refractivity (Wildman–Crippen MR) is 76.8 cm³/mol. The van der Waals surface area contributed by atoms with Crippen LogP contribution in [-0.2, 0) is 22.5 Å². The summed E-state index contributed by atoms with van der Waals surface area (Å²) in [7, 11) is 1.58. The van der Waals surface area contributed by atoms with E-state index < -0.39 is 18.1 Å². The predicted octanol–water partition coefficient (Wildman–Crippen LogP) is 0.893. The van der Waals surface area contributed by atoms with Crippen molar-refractivity contribution in [1.29, 1.82) is 0 Å². The van der Waals surface area contributed by atoms with Gasteiger partial charge in [0.05, 0.1) is 6.61 Å². The monoisotopic (exact) mass is 293 g/mol. The van der Waals surface area contributed by atoms with Crippen molar-refractivity contribution in [2.45, 2.75) is 32.7 Å². The molecule has 0 spiro atoms. The number of nitrogens with zero attached hydrogens (tertiary/aromatic N) is 3. The third kappa shape index (κ3) is 3.13. The molecule has 2 heterocycles. The van der Waals surface area contributed by atoms with Gasteiger partial charge in [0.15, 0.2) is 0 Å². The molecule has 2 aromatic rings. The van der Waals surface area contributed by atoms with Gasteiger partial charge in [-0.2, -0.15) is 5.10 Å². The van der Waals surface area contributed by atoms with Crippen molar-refractivity contribution in [2.24, 2.45) is 0 Å². The standard InChI is InChI=1S/C14H19N3O4/c1-9(2)10-6-11-14(20)17(8-13(18)19)15-12(4-5-21-3)16(11)7-10/h6-7,9H,4-5,8H2,1-3H3,(H,18,19). The van der Waals surface area contributed by atoms with Crippen molar-refractivity contribution in [3.63, 3.8) is 0 Å². The molecule has 0 bridgehead atoms. The van der Waals surface area contributed by atoms with Crippen LogP contribution in [-0.4, -0.2) is 39.0 Å². The Labute approximate surface area is 121 Å². The Morgan fingerprint density at radius 2 is 2.19 bits per heavy atom. The normalized spacial score (nSPS) is 11.4. The number of carboxylic acids is 1. The van der Waals surface area contributed by atoms with Gasteiger partial charge < -0.3 is 9.84 Å². The molecule has 0 aromatic carbocycles. The lowest BCUT2D eigenvalue weighted by molar-refractivity contribution is -0.138. The number of hydrogen-bond acceptors (Lipinski definition) is 4. The Kier molecular flexibility index (Phi) is 4.42. The highest BCUT2D eigenvalue weighted by Gasteiger charge is 2.15. The lowest BCUT2D eigenvalue weighted by Gasteiger charge is -2.08.